The molecule has 0 aliphatic carbocycles. The van der Waals surface area contributed by atoms with E-state index in [1.165, 1.54) is 103 Å². The summed E-state index contributed by atoms with van der Waals surface area (Å²) >= 11 is 4.97. The minimum Gasteiger partial charge on any atom is -0.251 e. The van der Waals surface area contributed by atoms with Crippen LogP contribution in [0.1, 0.15) is 158 Å². The van der Waals surface area contributed by atoms with Gasteiger partial charge in [0.2, 0.25) is 0 Å². The van der Waals surface area contributed by atoms with Gasteiger partial charge in [-0.1, -0.05) is 107 Å². The van der Waals surface area contributed by atoms with E-state index < -0.39 is 7.51 Å². The highest BCUT2D eigenvalue weighted by Gasteiger charge is 2.55. The average molecular weight is 547 g/mol. The van der Waals surface area contributed by atoms with Crippen molar-refractivity contribution < 1.29 is 0 Å². The number of hydrogen-bond acceptors (Lipinski definition) is 1. The maximum absolute atomic E-state index is 5.31. The molecule has 0 heterocycles. The molecule has 0 aromatic carbocycles. The van der Waals surface area contributed by atoms with Crippen LogP contribution in [0.25, 0.3) is 0 Å². The third kappa shape index (κ3) is 8.48. The van der Waals surface area contributed by atoms with E-state index in [-0.39, 0.29) is 11.1 Å². The van der Waals surface area contributed by atoms with Crippen LogP contribution in [0, 0.1) is 0 Å². The Morgan fingerprint density at radius 3 is 1.08 bits per heavy atom. The summed E-state index contributed by atoms with van der Waals surface area (Å²) in [6.45, 7) is 19.1. The molecule has 0 aromatic heterocycles. The first kappa shape index (κ1) is 36.5. The Labute approximate surface area is 234 Å². The van der Waals surface area contributed by atoms with Crippen LogP contribution in [0.15, 0.2) is 4.15 Å². The summed E-state index contributed by atoms with van der Waals surface area (Å²) in [4.78, 5) is 0. The van der Waals surface area contributed by atoms with E-state index >= 15 is 0 Å². The Bertz CT molecular complexity index is 544. The molecule has 0 radical (unpaired) electrons. The van der Waals surface area contributed by atoms with Gasteiger partial charge in [0.05, 0.1) is 0 Å². The van der Waals surface area contributed by atoms with Gasteiger partial charge in [0, 0.05) is 17.1 Å². The normalized spacial score (nSPS) is 14.9. The zero-order valence-corrected chi connectivity index (χ0v) is 28.4. The van der Waals surface area contributed by atoms with Crippen molar-refractivity contribution in [3.63, 3.8) is 0 Å². The molecule has 0 saturated heterocycles. The van der Waals surface area contributed by atoms with Crippen LogP contribution in [-0.4, -0.2) is 52.3 Å². The maximum Gasteiger partial charge on any atom is 0.179 e. The minimum atomic E-state index is -2.30. The molecule has 0 rings (SSSR count). The molecule has 0 saturated carbocycles. The zero-order valence-electron chi connectivity index (χ0n) is 26.6. The Morgan fingerprint density at radius 2 is 0.889 bits per heavy atom. The highest BCUT2D eigenvalue weighted by Crippen LogP contribution is 2.68. The molecule has 0 aliphatic heterocycles. The van der Waals surface area contributed by atoms with E-state index in [9.17, 15) is 0 Å². The van der Waals surface area contributed by atoms with Crippen molar-refractivity contribution in [1.29, 1.82) is 0 Å². The Morgan fingerprint density at radius 1 is 0.583 bits per heavy atom. The predicted molar refractivity (Wildman–Crippen MR) is 170 cm³/mol. The third-order valence-electron chi connectivity index (χ3n) is 8.31. The average Bonchev–Trinajstić information content (AvgIpc) is 2.82. The summed E-state index contributed by atoms with van der Waals surface area (Å²) in [5, 5.41) is 0. The zero-order chi connectivity index (χ0) is 27.8. The molecule has 0 spiro atoms. The van der Waals surface area contributed by atoms with E-state index in [2.05, 4.69) is 90.5 Å². The largest absolute Gasteiger partial charge is 0.251 e. The van der Waals surface area contributed by atoms with E-state index in [1.54, 1.807) is 0 Å². The van der Waals surface area contributed by atoms with Crippen molar-refractivity contribution in [3.8, 4) is 0 Å². The van der Waals surface area contributed by atoms with E-state index in [0.717, 1.165) is 0 Å². The van der Waals surface area contributed by atoms with Crippen LogP contribution in [0.2, 0.25) is 0 Å². The fraction of sp³-hybridized carbons (Fsp3) is 1.00. The lowest BCUT2D eigenvalue weighted by atomic mass is 9.76. The molecule has 0 aliphatic rings. The molecule has 36 heavy (non-hydrogen) atoms. The van der Waals surface area contributed by atoms with Gasteiger partial charge in [0.25, 0.3) is 0 Å². The van der Waals surface area contributed by atoms with Gasteiger partial charge in [0.1, 0.15) is 0 Å². The highest BCUT2D eigenvalue weighted by molar-refractivity contribution is 7.84. The predicted octanol–water partition coefficient (Wildman–Crippen LogP) is 10.8. The number of hydrogen-bond donors (Lipinski definition) is 1. The smallest absolute Gasteiger partial charge is 0.179 e. The van der Waals surface area contributed by atoms with Crippen LogP contribution in [0.4, 0.5) is 0 Å². The molecule has 0 N–H and O–H groups in total. The van der Waals surface area contributed by atoms with Crippen LogP contribution in [0.3, 0.4) is 0 Å². The SMILES string of the molecule is CCCC(CCC)N(C)P(=NS)(N(C)C)N(C(CCC)(CCC)CCC)C(CCC)(CCC)CCC. The second kappa shape index (κ2) is 18.7. The van der Waals surface area contributed by atoms with Crippen LogP contribution in [-0.2, 0) is 0 Å². The Hall–Kier alpha value is 0.460. The molecule has 0 bridgehead atoms. The van der Waals surface area contributed by atoms with Crippen LogP contribution in [0.5, 0.6) is 0 Å². The fourth-order valence-corrected chi connectivity index (χ4v) is 12.5. The van der Waals surface area contributed by atoms with Crippen molar-refractivity contribution in [1.82, 2.24) is 14.0 Å². The molecule has 1 atom stereocenters. The Balaban J connectivity index is 7.84. The quantitative estimate of drug-likeness (QED) is 0.108. The van der Waals surface area contributed by atoms with Gasteiger partial charge in [-0.25, -0.2) is 9.34 Å². The van der Waals surface area contributed by atoms with E-state index in [1.807, 2.05) is 0 Å². The number of nitrogens with zero attached hydrogens (tertiary/aromatic N) is 4. The molecular formula is C30H67N4PS. The molecule has 218 valence electrons. The molecule has 0 amide bonds. The van der Waals surface area contributed by atoms with Gasteiger partial charge in [-0.05, 0) is 85.3 Å². The molecule has 4 nitrogen and oxygen atoms in total. The van der Waals surface area contributed by atoms with Gasteiger partial charge in [-0.2, -0.15) is 4.15 Å². The monoisotopic (exact) mass is 546 g/mol. The van der Waals surface area contributed by atoms with Gasteiger partial charge < -0.3 is 0 Å². The summed E-state index contributed by atoms with van der Waals surface area (Å²) < 4.78 is 13.7. The van der Waals surface area contributed by atoms with Gasteiger partial charge in [-0.3, -0.25) is 4.67 Å². The lowest BCUT2D eigenvalue weighted by Crippen LogP contribution is -2.62. The van der Waals surface area contributed by atoms with Crippen molar-refractivity contribution in [3.05, 3.63) is 0 Å². The molecule has 1 unspecified atom stereocenters. The molecule has 0 fully saturated rings. The molecule has 0 aromatic rings. The fourth-order valence-electron chi connectivity index (χ4n) is 7.44. The van der Waals surface area contributed by atoms with Crippen molar-refractivity contribution in [2.24, 2.45) is 4.15 Å². The van der Waals surface area contributed by atoms with Gasteiger partial charge in [0.15, 0.2) is 7.51 Å². The van der Waals surface area contributed by atoms with Crippen molar-refractivity contribution in [2.45, 2.75) is 175 Å². The summed E-state index contributed by atoms with van der Waals surface area (Å²) in [5.74, 6) is 0. The maximum atomic E-state index is 5.31. The molecular weight excluding hydrogens is 479 g/mol. The number of thiol groups is 1. The van der Waals surface area contributed by atoms with E-state index in [0.29, 0.717) is 6.04 Å². The first-order valence-electron chi connectivity index (χ1n) is 15.6. The number of rotatable bonds is 22. The Kier molecular flexibility index (Phi) is 18.9. The summed E-state index contributed by atoms with van der Waals surface area (Å²) in [5.41, 5.74) is 0.276. The first-order chi connectivity index (χ1) is 17.2. The summed E-state index contributed by atoms with van der Waals surface area (Å²) in [6.07, 6.45) is 19.6. The summed E-state index contributed by atoms with van der Waals surface area (Å²) in [6, 6.07) is 0.527. The van der Waals surface area contributed by atoms with Gasteiger partial charge in [-0.15, -0.1) is 0 Å². The van der Waals surface area contributed by atoms with Crippen molar-refractivity contribution >= 4 is 20.3 Å². The minimum absolute atomic E-state index is 0.138. The second-order valence-electron chi connectivity index (χ2n) is 11.5. The van der Waals surface area contributed by atoms with Gasteiger partial charge >= 0.3 is 0 Å². The van der Waals surface area contributed by atoms with Crippen molar-refractivity contribution in [2.75, 3.05) is 21.1 Å². The third-order valence-corrected chi connectivity index (χ3v) is 12.9. The van der Waals surface area contributed by atoms with Crippen LogP contribution >= 0.6 is 20.3 Å². The lowest BCUT2D eigenvalue weighted by Gasteiger charge is -2.63. The first-order valence-corrected chi connectivity index (χ1v) is 17.6. The van der Waals surface area contributed by atoms with E-state index in [4.69, 9.17) is 17.0 Å². The lowest BCUT2D eigenvalue weighted by molar-refractivity contribution is 0.00933. The standard InChI is InChI=1S/C30H67N4PS/c1-12-20-28(21-13-2)33(11)35(31-36,32(9)10)34(29(22-14-3,23-15-4)24-16-5)30(25-17-6,26-18-7)27-19-8/h28,36H,12-27H2,1-11H3. The van der Waals surface area contributed by atoms with Crippen LogP contribution < -0.4 is 0 Å². The summed E-state index contributed by atoms with van der Waals surface area (Å²) in [7, 11) is 4.71. The highest BCUT2D eigenvalue weighted by atomic mass is 32.1. The topological polar surface area (TPSA) is 22.1 Å². The molecule has 6 heteroatoms. The second-order valence-corrected chi connectivity index (χ2v) is 15.2.